The average Bonchev–Trinajstić information content (AvgIpc) is 2.73. The number of rotatable bonds is 8. The van der Waals surface area contributed by atoms with Crippen LogP contribution in [-0.2, 0) is 9.53 Å². The van der Waals surface area contributed by atoms with Crippen LogP contribution in [0, 0.1) is 17.0 Å². The van der Waals surface area contributed by atoms with E-state index >= 15 is 0 Å². The third-order valence-corrected chi connectivity index (χ3v) is 4.42. The van der Waals surface area contributed by atoms with Gasteiger partial charge in [0, 0.05) is 36.0 Å². The van der Waals surface area contributed by atoms with Crippen LogP contribution in [0.3, 0.4) is 0 Å². The van der Waals surface area contributed by atoms with Gasteiger partial charge in [-0.05, 0) is 45.0 Å². The fourth-order valence-corrected chi connectivity index (χ4v) is 2.77. The van der Waals surface area contributed by atoms with Gasteiger partial charge in [0.2, 0.25) is 0 Å². The van der Waals surface area contributed by atoms with Gasteiger partial charge in [-0.2, -0.15) is 0 Å². The summed E-state index contributed by atoms with van der Waals surface area (Å²) in [5.41, 5.74) is 1.00. The summed E-state index contributed by atoms with van der Waals surface area (Å²) in [6.07, 6.45) is 0. The maximum atomic E-state index is 12.4. The van der Waals surface area contributed by atoms with Gasteiger partial charge in [0.15, 0.2) is 6.61 Å². The van der Waals surface area contributed by atoms with E-state index in [9.17, 15) is 24.5 Å². The van der Waals surface area contributed by atoms with Crippen LogP contribution in [-0.4, -0.2) is 47.3 Å². The molecule has 158 valence electrons. The number of ether oxygens (including phenoxy) is 1. The van der Waals surface area contributed by atoms with Crippen LogP contribution in [0.15, 0.2) is 42.5 Å². The molecule has 2 aromatic rings. The van der Waals surface area contributed by atoms with Crippen molar-refractivity contribution in [3.63, 3.8) is 0 Å². The lowest BCUT2D eigenvalue weighted by Crippen LogP contribution is -2.30. The second-order valence-electron chi connectivity index (χ2n) is 6.44. The first kappa shape index (κ1) is 22.5. The zero-order valence-corrected chi connectivity index (χ0v) is 17.0. The van der Waals surface area contributed by atoms with Gasteiger partial charge in [0.05, 0.1) is 10.5 Å². The maximum Gasteiger partial charge on any atom is 0.338 e. The number of esters is 1. The Bertz CT molecular complexity index is 969. The first-order valence-corrected chi connectivity index (χ1v) is 9.38. The van der Waals surface area contributed by atoms with Crippen LogP contribution in [0.4, 0.5) is 11.4 Å². The number of nitrogens with one attached hydrogen (secondary N) is 1. The van der Waals surface area contributed by atoms with Gasteiger partial charge >= 0.3 is 5.97 Å². The van der Waals surface area contributed by atoms with Crippen LogP contribution in [0.1, 0.15) is 40.1 Å². The molecule has 30 heavy (non-hydrogen) atoms. The highest BCUT2D eigenvalue weighted by atomic mass is 16.6. The molecule has 0 aliphatic carbocycles. The maximum absolute atomic E-state index is 12.4. The van der Waals surface area contributed by atoms with Crippen molar-refractivity contribution in [2.45, 2.75) is 20.8 Å². The summed E-state index contributed by atoms with van der Waals surface area (Å²) in [4.78, 5) is 48.7. The topological polar surface area (TPSA) is 119 Å². The SMILES string of the molecule is CCN(CC)C(=O)c1cccc(NC(=O)COC(=O)c2ccc(C)c([N+](=O)[O-])c2)c1. The van der Waals surface area contributed by atoms with E-state index in [2.05, 4.69) is 5.32 Å². The Morgan fingerprint density at radius 2 is 1.77 bits per heavy atom. The number of aryl methyl sites for hydroxylation is 1. The van der Waals surface area contributed by atoms with Crippen molar-refractivity contribution in [3.8, 4) is 0 Å². The van der Waals surface area contributed by atoms with Crippen molar-refractivity contribution in [3.05, 3.63) is 69.3 Å². The molecule has 2 amide bonds. The number of carbonyl (C=O) groups is 3. The van der Waals surface area contributed by atoms with E-state index in [0.29, 0.717) is 29.9 Å². The Kier molecular flexibility index (Phi) is 7.62. The summed E-state index contributed by atoms with van der Waals surface area (Å²) >= 11 is 0. The van der Waals surface area contributed by atoms with E-state index in [-0.39, 0.29) is 17.2 Å². The molecule has 0 aromatic heterocycles. The second kappa shape index (κ2) is 10.1. The number of nitro benzene ring substituents is 1. The molecule has 0 heterocycles. The lowest BCUT2D eigenvalue weighted by Gasteiger charge is -2.19. The van der Waals surface area contributed by atoms with Crippen LogP contribution in [0.5, 0.6) is 0 Å². The smallest absolute Gasteiger partial charge is 0.338 e. The van der Waals surface area contributed by atoms with Crippen molar-refractivity contribution in [1.29, 1.82) is 0 Å². The van der Waals surface area contributed by atoms with Gasteiger partial charge in [-0.3, -0.25) is 19.7 Å². The number of nitrogens with zero attached hydrogens (tertiary/aromatic N) is 2. The molecule has 0 saturated carbocycles. The zero-order chi connectivity index (χ0) is 22.3. The number of nitro groups is 1. The summed E-state index contributed by atoms with van der Waals surface area (Å²) in [6, 6.07) is 10.4. The average molecular weight is 413 g/mol. The number of carbonyl (C=O) groups excluding carboxylic acids is 3. The fourth-order valence-electron chi connectivity index (χ4n) is 2.77. The molecule has 0 unspecified atom stereocenters. The van der Waals surface area contributed by atoms with Crippen molar-refractivity contribution in [2.24, 2.45) is 0 Å². The van der Waals surface area contributed by atoms with E-state index in [0.717, 1.165) is 6.07 Å². The third-order valence-electron chi connectivity index (χ3n) is 4.42. The van der Waals surface area contributed by atoms with Gasteiger partial charge in [0.25, 0.3) is 17.5 Å². The van der Waals surface area contributed by atoms with Crippen LogP contribution in [0.25, 0.3) is 0 Å². The molecule has 9 heteroatoms. The molecule has 0 aliphatic heterocycles. The Morgan fingerprint density at radius 1 is 1.07 bits per heavy atom. The molecule has 0 saturated heterocycles. The Labute approximate surface area is 173 Å². The highest BCUT2D eigenvalue weighted by molar-refractivity contribution is 5.98. The molecule has 0 radical (unpaired) electrons. The van der Waals surface area contributed by atoms with E-state index in [1.54, 1.807) is 36.1 Å². The quantitative estimate of drug-likeness (QED) is 0.403. The predicted molar refractivity (Wildman–Crippen MR) is 110 cm³/mol. The number of amides is 2. The summed E-state index contributed by atoms with van der Waals surface area (Å²) in [5.74, 6) is -1.60. The summed E-state index contributed by atoms with van der Waals surface area (Å²) in [6.45, 7) is 5.88. The molecule has 2 aromatic carbocycles. The molecule has 0 fully saturated rings. The minimum Gasteiger partial charge on any atom is -0.452 e. The Hall–Kier alpha value is -3.75. The summed E-state index contributed by atoms with van der Waals surface area (Å²) < 4.78 is 4.94. The highest BCUT2D eigenvalue weighted by Gasteiger charge is 2.17. The van der Waals surface area contributed by atoms with Gasteiger partial charge in [-0.1, -0.05) is 12.1 Å². The molecule has 0 spiro atoms. The zero-order valence-electron chi connectivity index (χ0n) is 17.0. The predicted octanol–water partition coefficient (Wildman–Crippen LogP) is 3.18. The molecule has 0 bridgehead atoms. The third kappa shape index (κ3) is 5.63. The number of hydrogen-bond acceptors (Lipinski definition) is 6. The van der Waals surface area contributed by atoms with Crippen LogP contribution < -0.4 is 5.32 Å². The van der Waals surface area contributed by atoms with Crippen molar-refractivity contribution >= 4 is 29.2 Å². The Morgan fingerprint density at radius 3 is 2.40 bits per heavy atom. The van der Waals surface area contributed by atoms with Crippen molar-refractivity contribution < 1.29 is 24.0 Å². The van der Waals surface area contributed by atoms with Crippen LogP contribution in [0.2, 0.25) is 0 Å². The molecule has 0 atom stereocenters. The number of anilines is 1. The Balaban J connectivity index is 1.99. The van der Waals surface area contributed by atoms with Gasteiger partial charge < -0.3 is 15.0 Å². The molecule has 2 rings (SSSR count). The number of benzene rings is 2. The van der Waals surface area contributed by atoms with Crippen molar-refractivity contribution in [2.75, 3.05) is 25.0 Å². The lowest BCUT2D eigenvalue weighted by molar-refractivity contribution is -0.385. The molecule has 1 N–H and O–H groups in total. The minimum absolute atomic E-state index is 0.0214. The van der Waals surface area contributed by atoms with E-state index in [1.807, 2.05) is 13.8 Å². The fraction of sp³-hybridized carbons (Fsp3) is 0.286. The summed E-state index contributed by atoms with van der Waals surface area (Å²) in [5, 5.41) is 13.5. The summed E-state index contributed by atoms with van der Waals surface area (Å²) in [7, 11) is 0. The molecular formula is C21H23N3O6. The lowest BCUT2D eigenvalue weighted by atomic mass is 10.1. The van der Waals surface area contributed by atoms with Crippen LogP contribution >= 0.6 is 0 Å². The van der Waals surface area contributed by atoms with Crippen molar-refractivity contribution in [1.82, 2.24) is 4.90 Å². The number of hydrogen-bond donors (Lipinski definition) is 1. The molecule has 0 aliphatic rings. The minimum atomic E-state index is -0.848. The van der Waals surface area contributed by atoms with E-state index in [1.165, 1.54) is 12.1 Å². The van der Waals surface area contributed by atoms with E-state index in [4.69, 9.17) is 4.74 Å². The first-order valence-electron chi connectivity index (χ1n) is 9.38. The second-order valence-corrected chi connectivity index (χ2v) is 6.44. The van der Waals surface area contributed by atoms with Gasteiger partial charge in [-0.25, -0.2) is 4.79 Å². The monoisotopic (exact) mass is 413 g/mol. The largest absolute Gasteiger partial charge is 0.452 e. The molecular weight excluding hydrogens is 390 g/mol. The van der Waals surface area contributed by atoms with E-state index < -0.39 is 23.4 Å². The van der Waals surface area contributed by atoms with Gasteiger partial charge in [0.1, 0.15) is 0 Å². The standard InChI is InChI=1S/C21H23N3O6/c1-4-23(5-2)20(26)15-7-6-8-17(11-15)22-19(25)13-30-21(27)16-10-9-14(3)18(12-16)24(28)29/h6-12H,4-5,13H2,1-3H3,(H,22,25). The molecule has 9 nitrogen and oxygen atoms in total. The van der Waals surface area contributed by atoms with Gasteiger partial charge in [-0.15, -0.1) is 0 Å². The first-order chi connectivity index (χ1) is 14.3. The normalized spacial score (nSPS) is 10.2. The highest BCUT2D eigenvalue weighted by Crippen LogP contribution is 2.20.